The predicted molar refractivity (Wildman–Crippen MR) is 55.6 cm³/mol. The highest BCUT2D eigenvalue weighted by molar-refractivity contribution is 9.09. The maximum absolute atomic E-state index is 11.5. The van der Waals surface area contributed by atoms with Crippen molar-refractivity contribution in [2.75, 3.05) is 19.0 Å². The molecule has 0 saturated heterocycles. The largest absolute Gasteiger partial charge is 0.472 e. The molecule has 1 heterocycles. The summed E-state index contributed by atoms with van der Waals surface area (Å²) >= 11 is 3.29. The molecule has 0 aliphatic heterocycles. The summed E-state index contributed by atoms with van der Waals surface area (Å²) in [6, 6.07) is 1.59. The van der Waals surface area contributed by atoms with Crippen molar-refractivity contribution in [2.45, 2.75) is 6.04 Å². The zero-order chi connectivity index (χ0) is 10.4. The molecule has 0 aliphatic carbocycles. The number of nitrogens with one attached hydrogen (secondary N) is 1. The third kappa shape index (κ3) is 3.16. The molecule has 0 saturated carbocycles. The van der Waals surface area contributed by atoms with Crippen molar-refractivity contribution < 1.29 is 13.9 Å². The summed E-state index contributed by atoms with van der Waals surface area (Å²) in [5.41, 5.74) is 0.520. The van der Waals surface area contributed by atoms with Crippen LogP contribution in [0.2, 0.25) is 0 Å². The standard InChI is InChI=1S/C9H12BrNO3/c1-13-6-8(4-10)11-9(12)7-2-3-14-5-7/h2-3,5,8H,4,6H2,1H3,(H,11,12). The van der Waals surface area contributed by atoms with Crippen LogP contribution in [-0.2, 0) is 4.74 Å². The van der Waals surface area contributed by atoms with Crippen LogP contribution in [0.4, 0.5) is 0 Å². The molecule has 1 atom stereocenters. The predicted octanol–water partition coefficient (Wildman–Crippen LogP) is 1.42. The Morgan fingerprint density at radius 3 is 3.07 bits per heavy atom. The number of halogens is 1. The molecule has 4 nitrogen and oxygen atoms in total. The van der Waals surface area contributed by atoms with Gasteiger partial charge in [0, 0.05) is 12.4 Å². The Morgan fingerprint density at radius 2 is 2.57 bits per heavy atom. The van der Waals surface area contributed by atoms with Gasteiger partial charge in [0.2, 0.25) is 0 Å². The average Bonchev–Trinajstić information content (AvgIpc) is 2.69. The molecule has 14 heavy (non-hydrogen) atoms. The topological polar surface area (TPSA) is 51.5 Å². The number of methoxy groups -OCH3 is 1. The molecule has 1 rings (SSSR count). The maximum atomic E-state index is 11.5. The summed E-state index contributed by atoms with van der Waals surface area (Å²) in [5, 5.41) is 3.46. The lowest BCUT2D eigenvalue weighted by atomic mass is 10.3. The SMILES string of the molecule is COCC(CBr)NC(=O)c1ccoc1. The summed E-state index contributed by atoms with van der Waals surface area (Å²) < 4.78 is 9.75. The quantitative estimate of drug-likeness (QED) is 0.816. The fourth-order valence-electron chi connectivity index (χ4n) is 0.988. The number of alkyl halides is 1. The highest BCUT2D eigenvalue weighted by Gasteiger charge is 2.12. The van der Waals surface area contributed by atoms with Gasteiger partial charge in [0.05, 0.1) is 24.5 Å². The summed E-state index contributed by atoms with van der Waals surface area (Å²) in [6.07, 6.45) is 2.88. The Kier molecular flexibility index (Phi) is 4.69. The van der Waals surface area contributed by atoms with E-state index in [1.165, 1.54) is 12.5 Å². The second-order valence-corrected chi connectivity index (χ2v) is 3.44. The van der Waals surface area contributed by atoms with E-state index in [-0.39, 0.29) is 11.9 Å². The van der Waals surface area contributed by atoms with Gasteiger partial charge in [-0.05, 0) is 6.07 Å². The Labute approximate surface area is 90.7 Å². The van der Waals surface area contributed by atoms with E-state index in [1.807, 2.05) is 0 Å². The molecule has 0 bridgehead atoms. The number of carbonyl (C=O) groups is 1. The second-order valence-electron chi connectivity index (χ2n) is 2.79. The Morgan fingerprint density at radius 1 is 1.79 bits per heavy atom. The number of hydrogen-bond donors (Lipinski definition) is 1. The molecule has 0 spiro atoms. The van der Waals surface area contributed by atoms with E-state index in [0.29, 0.717) is 17.5 Å². The first kappa shape index (κ1) is 11.3. The molecule has 1 N–H and O–H groups in total. The summed E-state index contributed by atoms with van der Waals surface area (Å²) in [7, 11) is 1.60. The monoisotopic (exact) mass is 261 g/mol. The zero-order valence-corrected chi connectivity index (χ0v) is 9.41. The smallest absolute Gasteiger partial charge is 0.254 e. The van der Waals surface area contributed by atoms with Gasteiger partial charge in [-0.1, -0.05) is 15.9 Å². The number of rotatable bonds is 5. The van der Waals surface area contributed by atoms with Crippen molar-refractivity contribution in [3.8, 4) is 0 Å². The van der Waals surface area contributed by atoms with E-state index in [9.17, 15) is 4.79 Å². The highest BCUT2D eigenvalue weighted by Crippen LogP contribution is 2.01. The molecular weight excluding hydrogens is 250 g/mol. The first-order valence-electron chi connectivity index (χ1n) is 4.16. The van der Waals surface area contributed by atoms with E-state index in [4.69, 9.17) is 9.15 Å². The minimum absolute atomic E-state index is 0.0256. The van der Waals surface area contributed by atoms with Crippen LogP contribution in [0.25, 0.3) is 0 Å². The molecule has 0 aliphatic rings. The minimum atomic E-state index is -0.153. The number of ether oxygens (including phenoxy) is 1. The normalized spacial score (nSPS) is 12.4. The van der Waals surface area contributed by atoms with Gasteiger partial charge >= 0.3 is 0 Å². The molecule has 0 radical (unpaired) electrons. The minimum Gasteiger partial charge on any atom is -0.472 e. The number of furan rings is 1. The number of carbonyl (C=O) groups excluding carboxylic acids is 1. The molecule has 1 unspecified atom stereocenters. The van der Waals surface area contributed by atoms with Crippen LogP contribution in [0.3, 0.4) is 0 Å². The lowest BCUT2D eigenvalue weighted by Gasteiger charge is -2.14. The van der Waals surface area contributed by atoms with Gasteiger partial charge < -0.3 is 14.5 Å². The molecule has 1 amide bonds. The third-order valence-corrected chi connectivity index (χ3v) is 2.45. The lowest BCUT2D eigenvalue weighted by Crippen LogP contribution is -2.39. The summed E-state index contributed by atoms with van der Waals surface area (Å²) in [6.45, 7) is 0.481. The van der Waals surface area contributed by atoms with Gasteiger partial charge in [-0.3, -0.25) is 4.79 Å². The molecule has 5 heteroatoms. The van der Waals surface area contributed by atoms with E-state index >= 15 is 0 Å². The molecule has 1 aromatic rings. The third-order valence-electron chi connectivity index (χ3n) is 1.67. The van der Waals surface area contributed by atoms with Crippen LogP contribution in [-0.4, -0.2) is 31.0 Å². The van der Waals surface area contributed by atoms with Gasteiger partial charge in [-0.2, -0.15) is 0 Å². The fourth-order valence-corrected chi connectivity index (χ4v) is 1.34. The van der Waals surface area contributed by atoms with Crippen LogP contribution in [0.15, 0.2) is 23.0 Å². The van der Waals surface area contributed by atoms with Crippen LogP contribution in [0.1, 0.15) is 10.4 Å². The Bertz CT molecular complexity index is 274. The van der Waals surface area contributed by atoms with Crippen LogP contribution < -0.4 is 5.32 Å². The van der Waals surface area contributed by atoms with Crippen LogP contribution in [0.5, 0.6) is 0 Å². The molecule has 78 valence electrons. The molecular formula is C9H12BrNO3. The molecule has 1 aromatic heterocycles. The number of hydrogen-bond acceptors (Lipinski definition) is 3. The summed E-state index contributed by atoms with van der Waals surface area (Å²) in [5.74, 6) is -0.153. The van der Waals surface area contributed by atoms with Crippen molar-refractivity contribution in [1.82, 2.24) is 5.32 Å². The van der Waals surface area contributed by atoms with Crippen molar-refractivity contribution in [3.05, 3.63) is 24.2 Å². The average molecular weight is 262 g/mol. The van der Waals surface area contributed by atoms with Gasteiger partial charge in [0.1, 0.15) is 6.26 Å². The first-order chi connectivity index (χ1) is 6.77. The summed E-state index contributed by atoms with van der Waals surface area (Å²) in [4.78, 5) is 11.5. The molecule has 0 fully saturated rings. The van der Waals surface area contributed by atoms with Gasteiger partial charge in [0.15, 0.2) is 0 Å². The fraction of sp³-hybridized carbons (Fsp3) is 0.444. The number of amides is 1. The van der Waals surface area contributed by atoms with Crippen LogP contribution in [0, 0.1) is 0 Å². The first-order valence-corrected chi connectivity index (χ1v) is 5.28. The van der Waals surface area contributed by atoms with Crippen LogP contribution >= 0.6 is 15.9 Å². The second kappa shape index (κ2) is 5.82. The van der Waals surface area contributed by atoms with E-state index in [0.717, 1.165) is 0 Å². The van der Waals surface area contributed by atoms with Crippen molar-refractivity contribution >= 4 is 21.8 Å². The van der Waals surface area contributed by atoms with Gasteiger partial charge in [0.25, 0.3) is 5.91 Å². The highest BCUT2D eigenvalue weighted by atomic mass is 79.9. The van der Waals surface area contributed by atoms with E-state index in [2.05, 4.69) is 21.2 Å². The van der Waals surface area contributed by atoms with E-state index < -0.39 is 0 Å². The lowest BCUT2D eigenvalue weighted by molar-refractivity contribution is 0.0907. The van der Waals surface area contributed by atoms with E-state index in [1.54, 1.807) is 13.2 Å². The zero-order valence-electron chi connectivity index (χ0n) is 7.83. The van der Waals surface area contributed by atoms with Crippen molar-refractivity contribution in [2.24, 2.45) is 0 Å². The Hall–Kier alpha value is -0.810. The van der Waals surface area contributed by atoms with Crippen molar-refractivity contribution in [3.63, 3.8) is 0 Å². The van der Waals surface area contributed by atoms with Gasteiger partial charge in [-0.25, -0.2) is 0 Å². The van der Waals surface area contributed by atoms with Crippen molar-refractivity contribution in [1.29, 1.82) is 0 Å². The Balaban J connectivity index is 2.47. The maximum Gasteiger partial charge on any atom is 0.254 e. The molecule has 0 aromatic carbocycles. The van der Waals surface area contributed by atoms with Gasteiger partial charge in [-0.15, -0.1) is 0 Å².